The lowest BCUT2D eigenvalue weighted by Crippen LogP contribution is -2.21. The van der Waals surface area contributed by atoms with Gasteiger partial charge in [-0.2, -0.15) is 11.8 Å². The number of nitrogens with zero attached hydrogens (tertiary/aromatic N) is 1. The number of nitro benzene ring substituents is 1. The predicted octanol–water partition coefficient (Wildman–Crippen LogP) is 3.46. The van der Waals surface area contributed by atoms with Gasteiger partial charge in [0.05, 0.1) is 4.92 Å². The summed E-state index contributed by atoms with van der Waals surface area (Å²) in [5.41, 5.74) is 1.69. The van der Waals surface area contributed by atoms with Gasteiger partial charge in [0.25, 0.3) is 5.69 Å². The maximum absolute atomic E-state index is 10.8. The Balaban J connectivity index is 2.84. The average Bonchev–Trinajstić information content (AvgIpc) is 2.30. The fraction of sp³-hybridized carbons (Fsp3) is 0.500. The summed E-state index contributed by atoms with van der Waals surface area (Å²) in [6.45, 7) is 3.86. The number of rotatable bonds is 6. The van der Waals surface area contributed by atoms with Gasteiger partial charge in [-0.25, -0.2) is 0 Å². The molecule has 4 nitrogen and oxygen atoms in total. The maximum atomic E-state index is 10.8. The van der Waals surface area contributed by atoms with E-state index in [1.807, 2.05) is 6.07 Å². The van der Waals surface area contributed by atoms with E-state index in [0.29, 0.717) is 11.6 Å². The van der Waals surface area contributed by atoms with Crippen molar-refractivity contribution in [2.45, 2.75) is 26.3 Å². The highest BCUT2D eigenvalue weighted by Crippen LogP contribution is 2.23. The summed E-state index contributed by atoms with van der Waals surface area (Å²) in [5.74, 6) is 0.998. The number of nitrogens with one attached hydrogen (secondary N) is 1. The van der Waals surface area contributed by atoms with Gasteiger partial charge in [0.1, 0.15) is 0 Å². The monoisotopic (exact) mass is 254 g/mol. The lowest BCUT2D eigenvalue weighted by atomic mass is 10.1. The van der Waals surface area contributed by atoms with E-state index in [-0.39, 0.29) is 10.6 Å². The molecule has 0 heterocycles. The zero-order chi connectivity index (χ0) is 12.8. The van der Waals surface area contributed by atoms with Gasteiger partial charge in [-0.15, -0.1) is 0 Å². The van der Waals surface area contributed by atoms with Crippen LogP contribution in [-0.4, -0.2) is 23.0 Å². The molecule has 1 aromatic carbocycles. The van der Waals surface area contributed by atoms with E-state index in [4.69, 9.17) is 0 Å². The van der Waals surface area contributed by atoms with Crippen LogP contribution in [0.5, 0.6) is 0 Å². The molecule has 0 radical (unpaired) electrons. The number of aryl methyl sites for hydroxylation is 1. The second kappa shape index (κ2) is 6.49. The van der Waals surface area contributed by atoms with Crippen molar-refractivity contribution in [3.05, 3.63) is 33.9 Å². The van der Waals surface area contributed by atoms with E-state index in [9.17, 15) is 10.1 Å². The van der Waals surface area contributed by atoms with Crippen molar-refractivity contribution in [1.29, 1.82) is 0 Å². The molecule has 5 heteroatoms. The van der Waals surface area contributed by atoms with Gasteiger partial charge < -0.3 is 5.32 Å². The number of benzene rings is 1. The Morgan fingerprint density at radius 1 is 1.53 bits per heavy atom. The molecule has 0 aliphatic heterocycles. The minimum absolute atomic E-state index is 0.175. The molecular weight excluding hydrogens is 236 g/mol. The molecule has 0 aliphatic rings. The van der Waals surface area contributed by atoms with Crippen LogP contribution in [-0.2, 0) is 0 Å². The quantitative estimate of drug-likeness (QED) is 0.624. The lowest BCUT2D eigenvalue weighted by Gasteiger charge is -2.17. The first-order valence-corrected chi connectivity index (χ1v) is 6.98. The van der Waals surface area contributed by atoms with Gasteiger partial charge >= 0.3 is 0 Å². The molecule has 1 N–H and O–H groups in total. The lowest BCUT2D eigenvalue weighted by molar-refractivity contribution is -0.385. The minimum Gasteiger partial charge on any atom is -0.381 e. The number of nitro groups is 1. The topological polar surface area (TPSA) is 55.2 Å². The van der Waals surface area contributed by atoms with Crippen molar-refractivity contribution >= 4 is 23.1 Å². The summed E-state index contributed by atoms with van der Waals surface area (Å²) in [5, 5.41) is 14.2. The number of thioether (sulfide) groups is 1. The molecule has 0 amide bonds. The molecule has 1 aromatic rings. The molecule has 1 rings (SSSR count). The average molecular weight is 254 g/mol. The van der Waals surface area contributed by atoms with Gasteiger partial charge in [0.2, 0.25) is 0 Å². The van der Waals surface area contributed by atoms with E-state index in [1.54, 1.807) is 30.8 Å². The van der Waals surface area contributed by atoms with Crippen molar-refractivity contribution < 1.29 is 4.92 Å². The molecule has 0 fully saturated rings. The van der Waals surface area contributed by atoms with E-state index in [0.717, 1.165) is 17.9 Å². The van der Waals surface area contributed by atoms with Crippen LogP contribution in [0.2, 0.25) is 0 Å². The van der Waals surface area contributed by atoms with E-state index in [2.05, 4.69) is 18.5 Å². The minimum atomic E-state index is -0.337. The number of anilines is 1. The van der Waals surface area contributed by atoms with Crippen LogP contribution >= 0.6 is 11.8 Å². The largest absolute Gasteiger partial charge is 0.381 e. The predicted molar refractivity (Wildman–Crippen MR) is 73.9 cm³/mol. The highest BCUT2D eigenvalue weighted by atomic mass is 32.2. The molecule has 94 valence electrons. The maximum Gasteiger partial charge on any atom is 0.274 e. The summed E-state index contributed by atoms with van der Waals surface area (Å²) in [7, 11) is 0. The highest BCUT2D eigenvalue weighted by Gasteiger charge is 2.12. The fourth-order valence-electron chi connectivity index (χ4n) is 1.59. The molecule has 0 aromatic heterocycles. The Bertz CT molecular complexity index is 396. The summed E-state index contributed by atoms with van der Waals surface area (Å²) >= 11 is 1.77. The third-order valence-corrected chi connectivity index (χ3v) is 3.37. The van der Waals surface area contributed by atoms with Gasteiger partial charge in [0.15, 0.2) is 0 Å². The van der Waals surface area contributed by atoms with Crippen LogP contribution in [0.4, 0.5) is 11.4 Å². The Morgan fingerprint density at radius 2 is 2.24 bits per heavy atom. The number of hydrogen-bond donors (Lipinski definition) is 1. The summed E-state index contributed by atoms with van der Waals surface area (Å²) < 4.78 is 0. The van der Waals surface area contributed by atoms with Crippen molar-refractivity contribution in [2.24, 2.45) is 0 Å². The van der Waals surface area contributed by atoms with Crippen LogP contribution in [0.15, 0.2) is 18.2 Å². The third kappa shape index (κ3) is 3.93. The standard InChI is InChI=1S/C12H18N2O2S/c1-4-10(8-17-3)13-11-6-5-9(2)12(7-11)14(15)16/h5-7,10,13H,4,8H2,1-3H3. The van der Waals surface area contributed by atoms with Crippen molar-refractivity contribution in [3.8, 4) is 0 Å². The first-order chi connectivity index (χ1) is 8.08. The Kier molecular flexibility index (Phi) is 5.28. The van der Waals surface area contributed by atoms with Crippen LogP contribution in [0.1, 0.15) is 18.9 Å². The Hall–Kier alpha value is -1.23. The summed E-state index contributed by atoms with van der Waals surface area (Å²) in [6.07, 6.45) is 3.06. The van der Waals surface area contributed by atoms with Gasteiger partial charge in [-0.3, -0.25) is 10.1 Å². The molecule has 1 unspecified atom stereocenters. The van der Waals surface area contributed by atoms with Crippen LogP contribution < -0.4 is 5.32 Å². The smallest absolute Gasteiger partial charge is 0.274 e. The molecule has 1 atom stereocenters. The zero-order valence-electron chi connectivity index (χ0n) is 10.4. The molecular formula is C12H18N2O2S. The van der Waals surface area contributed by atoms with Crippen LogP contribution in [0.3, 0.4) is 0 Å². The van der Waals surface area contributed by atoms with Crippen molar-refractivity contribution in [2.75, 3.05) is 17.3 Å². The second-order valence-corrected chi connectivity index (χ2v) is 4.87. The molecule has 17 heavy (non-hydrogen) atoms. The molecule has 0 aliphatic carbocycles. The summed E-state index contributed by atoms with van der Waals surface area (Å²) in [6, 6.07) is 5.64. The molecule has 0 saturated heterocycles. The van der Waals surface area contributed by atoms with Gasteiger partial charge in [-0.05, 0) is 25.7 Å². The van der Waals surface area contributed by atoms with E-state index in [1.165, 1.54) is 0 Å². The second-order valence-electron chi connectivity index (χ2n) is 3.96. The zero-order valence-corrected chi connectivity index (χ0v) is 11.2. The number of hydrogen-bond acceptors (Lipinski definition) is 4. The van der Waals surface area contributed by atoms with Crippen LogP contribution in [0, 0.1) is 17.0 Å². The highest BCUT2D eigenvalue weighted by molar-refractivity contribution is 7.98. The summed E-state index contributed by atoms with van der Waals surface area (Å²) in [4.78, 5) is 10.5. The van der Waals surface area contributed by atoms with Crippen molar-refractivity contribution in [3.63, 3.8) is 0 Å². The van der Waals surface area contributed by atoms with E-state index >= 15 is 0 Å². The normalized spacial score (nSPS) is 12.2. The van der Waals surface area contributed by atoms with Crippen molar-refractivity contribution in [1.82, 2.24) is 0 Å². The van der Waals surface area contributed by atoms with Gasteiger partial charge in [-0.1, -0.05) is 13.0 Å². The SMILES string of the molecule is CCC(CSC)Nc1ccc(C)c([N+](=O)[O-])c1. The Morgan fingerprint density at radius 3 is 2.76 bits per heavy atom. The first-order valence-electron chi connectivity index (χ1n) is 5.59. The molecule has 0 bridgehead atoms. The molecule has 0 saturated carbocycles. The first kappa shape index (κ1) is 13.8. The Labute approximate surface area is 106 Å². The fourth-order valence-corrected chi connectivity index (χ4v) is 2.32. The van der Waals surface area contributed by atoms with Gasteiger partial charge in [0, 0.05) is 29.1 Å². The third-order valence-electron chi connectivity index (χ3n) is 2.64. The van der Waals surface area contributed by atoms with E-state index < -0.39 is 0 Å². The van der Waals surface area contributed by atoms with Crippen LogP contribution in [0.25, 0.3) is 0 Å². The molecule has 0 spiro atoms.